The lowest BCUT2D eigenvalue weighted by Crippen LogP contribution is -2.22. The fraction of sp³-hybridized carbons (Fsp3) is 0.333. The van der Waals surface area contributed by atoms with Crippen LogP contribution >= 0.6 is 0 Å². The van der Waals surface area contributed by atoms with Gasteiger partial charge < -0.3 is 5.32 Å². The molecule has 0 aliphatic carbocycles. The van der Waals surface area contributed by atoms with Crippen molar-refractivity contribution in [3.05, 3.63) is 0 Å². The molecule has 7 heavy (non-hydrogen) atoms. The highest BCUT2D eigenvalue weighted by molar-refractivity contribution is 6.01. The molecule has 3 amide bonds. The Kier molecular flexibility index (Phi) is 0.714. The molecule has 1 saturated heterocycles. The minimum Gasteiger partial charge on any atom is -0.329 e. The van der Waals surface area contributed by atoms with Gasteiger partial charge in [0, 0.05) is 0 Å². The summed E-state index contributed by atoms with van der Waals surface area (Å²) in [6, 6.07) is -0.398. The van der Waals surface area contributed by atoms with Gasteiger partial charge in [-0.25, -0.2) is 4.79 Å². The van der Waals surface area contributed by atoms with Crippen molar-refractivity contribution in [3.8, 4) is 0 Å². The first kappa shape index (κ1) is 4.11. The molecule has 1 heterocycles. The molecule has 0 unspecified atom stereocenters. The van der Waals surface area contributed by atoms with Crippen molar-refractivity contribution in [2.45, 2.75) is 0 Å². The Bertz CT molecular complexity index is 110. The molecule has 0 aromatic heterocycles. The predicted octanol–water partition coefficient (Wildman–Crippen LogP) is -1.06. The molecule has 1 rings (SSSR count). The second kappa shape index (κ2) is 1.22. The largest absolute Gasteiger partial charge is 1.00 e. The molecule has 0 radical (unpaired) electrons. The lowest BCUT2D eigenvalue weighted by atomic mass is 10.7. The van der Waals surface area contributed by atoms with Gasteiger partial charge in [-0.05, 0) is 0 Å². The second-order valence-electron chi connectivity index (χ2n) is 1.23. The van der Waals surface area contributed by atoms with Crippen molar-refractivity contribution < 1.29 is 11.0 Å². The number of hydrogen-bond acceptors (Lipinski definition) is 2. The Hall–Kier alpha value is -1.06. The van der Waals surface area contributed by atoms with Crippen molar-refractivity contribution in [1.82, 2.24) is 10.6 Å². The van der Waals surface area contributed by atoms with Crippen LogP contribution in [-0.4, -0.2) is 18.5 Å². The van der Waals surface area contributed by atoms with Crippen LogP contribution in [-0.2, 0) is 4.79 Å². The van der Waals surface area contributed by atoms with Gasteiger partial charge in [0.1, 0.15) is 0 Å². The topological polar surface area (TPSA) is 58.2 Å². The summed E-state index contributed by atoms with van der Waals surface area (Å²) in [5, 5.41) is 4.30. The highest BCUT2D eigenvalue weighted by Crippen LogP contribution is 1.73. The molecule has 1 fully saturated rings. The number of imide groups is 1. The highest BCUT2D eigenvalue weighted by atomic mass is 16.2. The van der Waals surface area contributed by atoms with Crippen LogP contribution < -0.4 is 10.6 Å². The summed E-state index contributed by atoms with van der Waals surface area (Å²) in [7, 11) is 0. The number of hydrogen-bond donors (Lipinski definition) is 2. The maximum atomic E-state index is 10.1. The molecule has 38 valence electrons. The fourth-order valence-corrected chi connectivity index (χ4v) is 0.376. The first-order chi connectivity index (χ1) is 3.29. The second-order valence-corrected chi connectivity index (χ2v) is 1.23. The van der Waals surface area contributed by atoms with Crippen molar-refractivity contribution in [1.29, 1.82) is 0 Å². The van der Waals surface area contributed by atoms with Crippen molar-refractivity contribution in [2.75, 3.05) is 6.54 Å². The number of urea groups is 1. The molecular formula is C3H5N2O2+. The van der Waals surface area contributed by atoms with Gasteiger partial charge in [-0.1, -0.05) is 0 Å². The average molecular weight is 101 g/mol. The van der Waals surface area contributed by atoms with Crippen LogP contribution in [0.3, 0.4) is 0 Å². The van der Waals surface area contributed by atoms with Crippen LogP contribution in [0.4, 0.5) is 4.79 Å². The third kappa shape index (κ3) is 0.677. The SMILES string of the molecule is O=C1CNC(=O)N1.[H+]. The van der Waals surface area contributed by atoms with Gasteiger partial charge in [0.05, 0.1) is 6.54 Å². The third-order valence-electron chi connectivity index (χ3n) is 0.662. The smallest absolute Gasteiger partial charge is 0.329 e. The zero-order valence-corrected chi connectivity index (χ0v) is 3.52. The molecular weight excluding hydrogens is 96.0 g/mol. The Balaban J connectivity index is 0.000000490. The summed E-state index contributed by atoms with van der Waals surface area (Å²) >= 11 is 0. The van der Waals surface area contributed by atoms with Crippen LogP contribution in [0, 0.1) is 0 Å². The summed E-state index contributed by atoms with van der Waals surface area (Å²) in [4.78, 5) is 20.1. The van der Waals surface area contributed by atoms with Gasteiger partial charge in [0.15, 0.2) is 0 Å². The quantitative estimate of drug-likeness (QED) is 0.382. The maximum Gasteiger partial charge on any atom is 1.00 e. The molecule has 0 aromatic rings. The molecule has 1 aliphatic rings. The van der Waals surface area contributed by atoms with E-state index in [1.165, 1.54) is 0 Å². The van der Waals surface area contributed by atoms with Crippen LogP contribution in [0.5, 0.6) is 0 Å². The van der Waals surface area contributed by atoms with Gasteiger partial charge in [-0.3, -0.25) is 10.1 Å². The van der Waals surface area contributed by atoms with E-state index in [1.54, 1.807) is 0 Å². The normalized spacial score (nSPS) is 18.9. The number of carbonyl (C=O) groups excluding carboxylic acids is 2. The molecule has 4 nitrogen and oxygen atoms in total. The standard InChI is InChI=1S/C3H4N2O2/c6-2-1-4-3(7)5-2/h1H2,(H2,4,5,6,7)/p+1. The van der Waals surface area contributed by atoms with E-state index in [-0.39, 0.29) is 13.9 Å². The Morgan fingerprint density at radius 1 is 1.57 bits per heavy atom. The molecule has 2 N–H and O–H groups in total. The van der Waals surface area contributed by atoms with Crippen LogP contribution in [0.1, 0.15) is 1.43 Å². The Morgan fingerprint density at radius 2 is 2.29 bits per heavy atom. The van der Waals surface area contributed by atoms with E-state index in [9.17, 15) is 9.59 Å². The van der Waals surface area contributed by atoms with Gasteiger partial charge in [-0.15, -0.1) is 0 Å². The molecule has 0 atom stereocenters. The Morgan fingerprint density at radius 3 is 2.43 bits per heavy atom. The molecule has 1 aliphatic heterocycles. The van der Waals surface area contributed by atoms with E-state index in [0.717, 1.165) is 0 Å². The summed E-state index contributed by atoms with van der Waals surface area (Å²) in [5.74, 6) is -0.259. The summed E-state index contributed by atoms with van der Waals surface area (Å²) in [6.07, 6.45) is 0. The van der Waals surface area contributed by atoms with E-state index in [1.807, 2.05) is 5.32 Å². The van der Waals surface area contributed by atoms with E-state index in [2.05, 4.69) is 5.32 Å². The van der Waals surface area contributed by atoms with E-state index in [0.29, 0.717) is 0 Å². The number of carbonyl (C=O) groups is 2. The van der Waals surface area contributed by atoms with E-state index in [4.69, 9.17) is 0 Å². The Labute approximate surface area is 41.4 Å². The molecule has 0 bridgehead atoms. The van der Waals surface area contributed by atoms with Crippen LogP contribution in [0.2, 0.25) is 0 Å². The number of nitrogens with one attached hydrogen (secondary N) is 2. The minimum absolute atomic E-state index is 0. The van der Waals surface area contributed by atoms with Crippen molar-refractivity contribution in [3.63, 3.8) is 0 Å². The van der Waals surface area contributed by atoms with Gasteiger partial charge >= 0.3 is 7.46 Å². The van der Waals surface area contributed by atoms with Crippen LogP contribution in [0.25, 0.3) is 0 Å². The van der Waals surface area contributed by atoms with Crippen molar-refractivity contribution in [2.24, 2.45) is 0 Å². The van der Waals surface area contributed by atoms with E-state index < -0.39 is 6.03 Å². The highest BCUT2D eigenvalue weighted by Gasteiger charge is 2.14. The lowest BCUT2D eigenvalue weighted by molar-refractivity contribution is -0.117. The predicted molar refractivity (Wildman–Crippen MR) is 22.7 cm³/mol. The van der Waals surface area contributed by atoms with Gasteiger partial charge in [0.25, 0.3) is 0 Å². The molecule has 0 saturated carbocycles. The van der Waals surface area contributed by atoms with E-state index >= 15 is 0 Å². The summed E-state index contributed by atoms with van der Waals surface area (Å²) < 4.78 is 0. The summed E-state index contributed by atoms with van der Waals surface area (Å²) in [5.41, 5.74) is 0. The number of rotatable bonds is 0. The van der Waals surface area contributed by atoms with Gasteiger partial charge in [-0.2, -0.15) is 0 Å². The maximum absolute atomic E-state index is 10.1. The van der Waals surface area contributed by atoms with Crippen molar-refractivity contribution >= 4 is 11.9 Å². The first-order valence-corrected chi connectivity index (χ1v) is 1.87. The lowest BCUT2D eigenvalue weighted by Gasteiger charge is -1.78. The molecule has 4 heteroatoms. The third-order valence-corrected chi connectivity index (χ3v) is 0.662. The number of amides is 3. The fourth-order valence-electron chi connectivity index (χ4n) is 0.376. The zero-order valence-electron chi connectivity index (χ0n) is 4.52. The molecule has 0 aromatic carbocycles. The zero-order chi connectivity index (χ0) is 5.28. The van der Waals surface area contributed by atoms with Crippen LogP contribution in [0.15, 0.2) is 0 Å². The minimum atomic E-state index is -0.398. The van der Waals surface area contributed by atoms with Gasteiger partial charge in [0.2, 0.25) is 5.91 Å². The summed E-state index contributed by atoms with van der Waals surface area (Å²) in [6.45, 7) is 0.124. The molecule has 0 spiro atoms. The first-order valence-electron chi connectivity index (χ1n) is 1.87. The monoisotopic (exact) mass is 101 g/mol. The average Bonchev–Trinajstić information content (AvgIpc) is 1.87.